The van der Waals surface area contributed by atoms with Gasteiger partial charge in [0.2, 0.25) is 5.91 Å². The van der Waals surface area contributed by atoms with Gasteiger partial charge in [-0.3, -0.25) is 4.79 Å². The van der Waals surface area contributed by atoms with Gasteiger partial charge in [0.15, 0.2) is 0 Å². The van der Waals surface area contributed by atoms with Gasteiger partial charge in [0.1, 0.15) is 11.6 Å². The highest BCUT2D eigenvalue weighted by atomic mass is 19.1. The van der Waals surface area contributed by atoms with E-state index in [1.54, 1.807) is 19.1 Å². The molecule has 3 nitrogen and oxygen atoms in total. The summed E-state index contributed by atoms with van der Waals surface area (Å²) in [5.41, 5.74) is 6.67. The van der Waals surface area contributed by atoms with E-state index in [2.05, 4.69) is 5.32 Å². The van der Waals surface area contributed by atoms with Gasteiger partial charge < -0.3 is 11.1 Å². The molecule has 3 N–H and O–H groups in total. The van der Waals surface area contributed by atoms with Crippen molar-refractivity contribution in [3.8, 4) is 0 Å². The van der Waals surface area contributed by atoms with Crippen LogP contribution in [0.3, 0.4) is 0 Å². The lowest BCUT2D eigenvalue weighted by molar-refractivity contribution is 0.1000. The van der Waals surface area contributed by atoms with Gasteiger partial charge in [-0.2, -0.15) is 0 Å². The summed E-state index contributed by atoms with van der Waals surface area (Å²) in [5.74, 6) is -1.52. The zero-order valence-electron chi connectivity index (χ0n) is 10.9. The Kier molecular flexibility index (Phi) is 3.98. The molecule has 2 aromatic carbocycles. The third kappa shape index (κ3) is 3.12. The molecule has 5 heteroatoms. The normalized spacial score (nSPS) is 10.3. The third-order valence-electron chi connectivity index (χ3n) is 2.99. The summed E-state index contributed by atoms with van der Waals surface area (Å²) in [4.78, 5) is 10.9. The number of primary amides is 1. The van der Waals surface area contributed by atoms with Crippen LogP contribution in [0.15, 0.2) is 36.4 Å². The quantitative estimate of drug-likeness (QED) is 0.902. The number of halogens is 2. The predicted octanol–water partition coefficient (Wildman–Crippen LogP) is 2.98. The van der Waals surface area contributed by atoms with Gasteiger partial charge in [-0.25, -0.2) is 8.78 Å². The summed E-state index contributed by atoms with van der Waals surface area (Å²) < 4.78 is 27.1. The molecule has 0 aliphatic carbocycles. The first-order valence-corrected chi connectivity index (χ1v) is 6.05. The second-order valence-electron chi connectivity index (χ2n) is 4.49. The largest absolute Gasteiger partial charge is 0.381 e. The van der Waals surface area contributed by atoms with E-state index in [-0.39, 0.29) is 17.9 Å². The number of carbonyl (C=O) groups excluding carboxylic acids is 1. The number of hydrogen-bond donors (Lipinski definition) is 2. The number of aryl methyl sites for hydroxylation is 1. The summed E-state index contributed by atoms with van der Waals surface area (Å²) in [6, 6.07) is 8.74. The first-order valence-electron chi connectivity index (χ1n) is 6.05. The molecule has 0 radical (unpaired) electrons. The van der Waals surface area contributed by atoms with Crippen molar-refractivity contribution in [2.75, 3.05) is 5.32 Å². The Bertz CT molecular complexity index is 656. The van der Waals surface area contributed by atoms with E-state index >= 15 is 0 Å². The fourth-order valence-electron chi connectivity index (χ4n) is 1.74. The monoisotopic (exact) mass is 276 g/mol. The Morgan fingerprint density at radius 1 is 1.15 bits per heavy atom. The number of benzene rings is 2. The van der Waals surface area contributed by atoms with Crippen molar-refractivity contribution in [1.29, 1.82) is 0 Å². The van der Waals surface area contributed by atoms with E-state index in [4.69, 9.17) is 5.73 Å². The molecule has 0 saturated carbocycles. The number of rotatable bonds is 4. The maximum Gasteiger partial charge on any atom is 0.248 e. The highest BCUT2D eigenvalue weighted by molar-refractivity contribution is 5.92. The molecule has 0 fully saturated rings. The van der Waals surface area contributed by atoms with Crippen LogP contribution in [0.5, 0.6) is 0 Å². The van der Waals surface area contributed by atoms with Crippen LogP contribution < -0.4 is 11.1 Å². The third-order valence-corrected chi connectivity index (χ3v) is 2.99. The molecule has 0 spiro atoms. The number of anilines is 1. The molecule has 0 unspecified atom stereocenters. The Morgan fingerprint density at radius 2 is 1.90 bits per heavy atom. The molecule has 104 valence electrons. The van der Waals surface area contributed by atoms with E-state index in [1.807, 2.05) is 0 Å². The summed E-state index contributed by atoms with van der Waals surface area (Å²) in [6.07, 6.45) is 0. The van der Waals surface area contributed by atoms with Crippen LogP contribution in [0.2, 0.25) is 0 Å². The van der Waals surface area contributed by atoms with Crippen LogP contribution in [0, 0.1) is 18.6 Å². The van der Waals surface area contributed by atoms with E-state index in [1.165, 1.54) is 18.2 Å². The first kappa shape index (κ1) is 14.0. The summed E-state index contributed by atoms with van der Waals surface area (Å²) in [7, 11) is 0. The molecule has 0 heterocycles. The fourth-order valence-corrected chi connectivity index (χ4v) is 1.74. The smallest absolute Gasteiger partial charge is 0.248 e. The fraction of sp³-hybridized carbons (Fsp3) is 0.133. The maximum atomic E-state index is 13.7. The second kappa shape index (κ2) is 5.69. The van der Waals surface area contributed by atoms with Gasteiger partial charge in [0, 0.05) is 23.4 Å². The Balaban J connectivity index is 2.10. The van der Waals surface area contributed by atoms with Crippen LogP contribution in [0.4, 0.5) is 14.5 Å². The summed E-state index contributed by atoms with van der Waals surface area (Å²) >= 11 is 0. The maximum absolute atomic E-state index is 13.7. The Hall–Kier alpha value is -2.43. The molecule has 2 aromatic rings. The van der Waals surface area contributed by atoms with Crippen LogP contribution in [0.25, 0.3) is 0 Å². The van der Waals surface area contributed by atoms with Gasteiger partial charge in [0.25, 0.3) is 0 Å². The summed E-state index contributed by atoms with van der Waals surface area (Å²) in [5, 5.41) is 2.92. The van der Waals surface area contributed by atoms with Gasteiger partial charge in [-0.05, 0) is 36.8 Å². The van der Waals surface area contributed by atoms with Crippen molar-refractivity contribution in [3.63, 3.8) is 0 Å². The summed E-state index contributed by atoms with van der Waals surface area (Å²) in [6.45, 7) is 1.86. The number of carbonyl (C=O) groups is 1. The number of hydrogen-bond acceptors (Lipinski definition) is 2. The number of amides is 1. The van der Waals surface area contributed by atoms with Gasteiger partial charge >= 0.3 is 0 Å². The minimum absolute atomic E-state index is 0.118. The molecule has 0 bridgehead atoms. The second-order valence-corrected chi connectivity index (χ2v) is 4.49. The predicted molar refractivity (Wildman–Crippen MR) is 73.4 cm³/mol. The lowest BCUT2D eigenvalue weighted by atomic mass is 10.1. The minimum Gasteiger partial charge on any atom is -0.381 e. The van der Waals surface area contributed by atoms with Crippen molar-refractivity contribution in [3.05, 3.63) is 64.7 Å². The van der Waals surface area contributed by atoms with Gasteiger partial charge in [-0.1, -0.05) is 12.1 Å². The van der Waals surface area contributed by atoms with Crippen LogP contribution in [-0.2, 0) is 6.54 Å². The molecular formula is C15H14F2N2O. The van der Waals surface area contributed by atoms with E-state index in [0.717, 1.165) is 6.07 Å². The molecule has 0 aliphatic heterocycles. The average Bonchev–Trinajstić information content (AvgIpc) is 2.41. The molecule has 1 amide bonds. The zero-order chi connectivity index (χ0) is 14.7. The SMILES string of the molecule is Cc1ccc(NCc2ccc(C(N)=O)cc2F)cc1F. The van der Waals surface area contributed by atoms with Crippen molar-refractivity contribution in [2.45, 2.75) is 13.5 Å². The zero-order valence-corrected chi connectivity index (χ0v) is 10.9. The van der Waals surface area contributed by atoms with Crippen molar-refractivity contribution >= 4 is 11.6 Å². The van der Waals surface area contributed by atoms with Gasteiger partial charge in [0.05, 0.1) is 0 Å². The van der Waals surface area contributed by atoms with Crippen molar-refractivity contribution < 1.29 is 13.6 Å². The van der Waals surface area contributed by atoms with E-state index < -0.39 is 11.7 Å². The molecule has 0 atom stereocenters. The van der Waals surface area contributed by atoms with E-state index in [9.17, 15) is 13.6 Å². The highest BCUT2D eigenvalue weighted by Crippen LogP contribution is 2.16. The molecule has 0 aliphatic rings. The van der Waals surface area contributed by atoms with Gasteiger partial charge in [-0.15, -0.1) is 0 Å². The van der Waals surface area contributed by atoms with E-state index in [0.29, 0.717) is 16.8 Å². The Labute approximate surface area is 115 Å². The van der Waals surface area contributed by atoms with Crippen LogP contribution in [-0.4, -0.2) is 5.91 Å². The lowest BCUT2D eigenvalue weighted by Gasteiger charge is -2.09. The topological polar surface area (TPSA) is 55.1 Å². The van der Waals surface area contributed by atoms with Crippen LogP contribution in [0.1, 0.15) is 21.5 Å². The lowest BCUT2D eigenvalue weighted by Crippen LogP contribution is -2.12. The molecular weight excluding hydrogens is 262 g/mol. The Morgan fingerprint density at radius 3 is 2.50 bits per heavy atom. The number of nitrogens with one attached hydrogen (secondary N) is 1. The number of nitrogens with two attached hydrogens (primary N) is 1. The highest BCUT2D eigenvalue weighted by Gasteiger charge is 2.07. The molecule has 20 heavy (non-hydrogen) atoms. The average molecular weight is 276 g/mol. The standard InChI is InChI=1S/C15H14F2N2O/c1-9-2-5-12(7-13(9)16)19-8-11-4-3-10(15(18)20)6-14(11)17/h2-7,19H,8H2,1H3,(H2,18,20). The first-order chi connectivity index (χ1) is 9.47. The van der Waals surface area contributed by atoms with Crippen molar-refractivity contribution in [2.24, 2.45) is 5.73 Å². The minimum atomic E-state index is -0.677. The van der Waals surface area contributed by atoms with Crippen molar-refractivity contribution in [1.82, 2.24) is 0 Å². The molecule has 2 rings (SSSR count). The van der Waals surface area contributed by atoms with Crippen LogP contribution >= 0.6 is 0 Å². The molecule has 0 aromatic heterocycles. The molecule has 0 saturated heterocycles.